The second kappa shape index (κ2) is 11.2. The van der Waals surface area contributed by atoms with Gasteiger partial charge in [-0.25, -0.2) is 18.9 Å². The molecule has 0 aliphatic carbocycles. The van der Waals surface area contributed by atoms with Crippen molar-refractivity contribution in [1.29, 1.82) is 0 Å². The first-order valence-corrected chi connectivity index (χ1v) is 12.5. The minimum atomic E-state index is -0.661. The van der Waals surface area contributed by atoms with E-state index in [0.29, 0.717) is 11.6 Å². The summed E-state index contributed by atoms with van der Waals surface area (Å²) in [5.74, 6) is 0.158. The molecule has 3 heterocycles. The Bertz CT molecular complexity index is 1700. The van der Waals surface area contributed by atoms with Crippen LogP contribution in [0.4, 0.5) is 20.7 Å². The quantitative estimate of drug-likeness (QED) is 0.238. The van der Waals surface area contributed by atoms with Crippen molar-refractivity contribution in [2.24, 2.45) is 0 Å². The van der Waals surface area contributed by atoms with Crippen molar-refractivity contribution in [3.05, 3.63) is 96.3 Å². The molecule has 0 bridgehead atoms. The summed E-state index contributed by atoms with van der Waals surface area (Å²) in [5, 5.41) is 13.4. The minimum absolute atomic E-state index is 0.0862. The molecule has 0 fully saturated rings. The molecular weight excluding hydrogens is 513 g/mol. The third kappa shape index (κ3) is 5.73. The highest BCUT2D eigenvalue weighted by Crippen LogP contribution is 2.27. The summed E-state index contributed by atoms with van der Waals surface area (Å²) in [6, 6.07) is 17.6. The van der Waals surface area contributed by atoms with Crippen LogP contribution >= 0.6 is 0 Å². The number of rotatable bonds is 7. The maximum atomic E-state index is 14.6. The summed E-state index contributed by atoms with van der Waals surface area (Å²) in [6.07, 6.45) is 3.10. The van der Waals surface area contributed by atoms with Crippen LogP contribution in [0.1, 0.15) is 35.9 Å². The van der Waals surface area contributed by atoms with Crippen LogP contribution < -0.4 is 20.7 Å². The van der Waals surface area contributed by atoms with Crippen molar-refractivity contribution >= 4 is 34.3 Å². The van der Waals surface area contributed by atoms with Gasteiger partial charge in [0.25, 0.3) is 5.91 Å². The summed E-state index contributed by atoms with van der Waals surface area (Å²) in [6.45, 7) is 4.01. The summed E-state index contributed by atoms with van der Waals surface area (Å²) >= 11 is 0. The van der Waals surface area contributed by atoms with Crippen LogP contribution in [0.25, 0.3) is 16.6 Å². The fourth-order valence-corrected chi connectivity index (χ4v) is 3.93. The van der Waals surface area contributed by atoms with Crippen LogP contribution in [-0.2, 0) is 0 Å². The Balaban J connectivity index is 1.35. The number of halogens is 1. The van der Waals surface area contributed by atoms with E-state index < -0.39 is 11.8 Å². The van der Waals surface area contributed by atoms with E-state index in [1.165, 1.54) is 37.5 Å². The van der Waals surface area contributed by atoms with Crippen LogP contribution in [0.2, 0.25) is 0 Å². The van der Waals surface area contributed by atoms with Gasteiger partial charge in [0, 0.05) is 30.8 Å². The molecule has 0 spiro atoms. The van der Waals surface area contributed by atoms with Crippen molar-refractivity contribution in [3.8, 4) is 17.2 Å². The fourth-order valence-electron chi connectivity index (χ4n) is 3.93. The fraction of sp³-hybridized carbons (Fsp3) is 0.138. The molecule has 0 saturated carbocycles. The zero-order valence-corrected chi connectivity index (χ0v) is 22.0. The average Bonchev–Trinajstić information content (AvgIpc) is 3.38. The van der Waals surface area contributed by atoms with E-state index in [2.05, 4.69) is 31.0 Å². The van der Waals surface area contributed by atoms with Gasteiger partial charge in [-0.15, -0.1) is 0 Å². The molecule has 2 aromatic carbocycles. The van der Waals surface area contributed by atoms with Gasteiger partial charge in [0.1, 0.15) is 28.8 Å². The smallest absolute Gasteiger partial charge is 0.324 e. The number of nitrogens with zero attached hydrogens (tertiary/aromatic N) is 4. The lowest BCUT2D eigenvalue weighted by molar-refractivity contribution is 0.0958. The number of carbonyl (C=O) groups excluding carboxylic acids is 2. The number of carbonyl (C=O) groups is 2. The Morgan fingerprint density at radius 3 is 2.52 bits per heavy atom. The number of amides is 3. The first kappa shape index (κ1) is 26.3. The molecule has 3 amide bonds. The van der Waals surface area contributed by atoms with Gasteiger partial charge in [0.05, 0.1) is 28.8 Å². The van der Waals surface area contributed by atoms with E-state index in [9.17, 15) is 14.0 Å². The zero-order valence-electron chi connectivity index (χ0n) is 22.0. The van der Waals surface area contributed by atoms with Gasteiger partial charge >= 0.3 is 6.03 Å². The monoisotopic (exact) mass is 539 g/mol. The Kier molecular flexibility index (Phi) is 7.36. The van der Waals surface area contributed by atoms with E-state index in [1.807, 2.05) is 44.2 Å². The Labute approximate surface area is 229 Å². The molecule has 0 aliphatic rings. The van der Waals surface area contributed by atoms with Crippen molar-refractivity contribution in [2.75, 3.05) is 17.7 Å². The van der Waals surface area contributed by atoms with Crippen LogP contribution in [-0.4, -0.2) is 38.7 Å². The third-order valence-corrected chi connectivity index (χ3v) is 6.01. The van der Waals surface area contributed by atoms with Gasteiger partial charge in [-0.1, -0.05) is 19.9 Å². The predicted molar refractivity (Wildman–Crippen MR) is 150 cm³/mol. The summed E-state index contributed by atoms with van der Waals surface area (Å²) in [5.41, 5.74) is 2.50. The highest BCUT2D eigenvalue weighted by atomic mass is 19.1. The molecule has 0 saturated heterocycles. The number of urea groups is 1. The number of ether oxygens (including phenoxy) is 1. The Morgan fingerprint density at radius 2 is 1.77 bits per heavy atom. The van der Waals surface area contributed by atoms with Crippen LogP contribution in [0.5, 0.6) is 11.5 Å². The molecule has 202 valence electrons. The Morgan fingerprint density at radius 1 is 0.950 bits per heavy atom. The highest BCUT2D eigenvalue weighted by Gasteiger charge is 2.16. The van der Waals surface area contributed by atoms with Gasteiger partial charge in [-0.05, 0) is 54.4 Å². The molecule has 0 atom stereocenters. The number of hydrogen-bond acceptors (Lipinski definition) is 6. The lowest BCUT2D eigenvalue weighted by Gasteiger charge is -2.12. The second-order valence-electron chi connectivity index (χ2n) is 9.18. The number of benzene rings is 2. The van der Waals surface area contributed by atoms with Gasteiger partial charge in [-0.3, -0.25) is 15.1 Å². The Hall–Kier alpha value is -5.32. The molecule has 3 N–H and O–H groups in total. The number of anilines is 2. The van der Waals surface area contributed by atoms with Crippen molar-refractivity contribution in [2.45, 2.75) is 19.8 Å². The van der Waals surface area contributed by atoms with E-state index in [1.54, 1.807) is 23.0 Å². The van der Waals surface area contributed by atoms with Crippen molar-refractivity contribution < 1.29 is 18.7 Å². The number of nitrogens with one attached hydrogen (secondary N) is 3. The number of pyridine rings is 2. The highest BCUT2D eigenvalue weighted by molar-refractivity contribution is 5.99. The van der Waals surface area contributed by atoms with Crippen molar-refractivity contribution in [1.82, 2.24) is 25.1 Å². The van der Waals surface area contributed by atoms with E-state index in [4.69, 9.17) is 4.74 Å². The molecule has 0 unspecified atom stereocenters. The molecule has 5 rings (SSSR count). The lowest BCUT2D eigenvalue weighted by atomic mass is 10.1. The summed E-state index contributed by atoms with van der Waals surface area (Å²) < 4.78 is 22.0. The number of hydrogen-bond donors (Lipinski definition) is 3. The topological polar surface area (TPSA) is 123 Å². The number of aromatic nitrogens is 4. The van der Waals surface area contributed by atoms with E-state index in [0.717, 1.165) is 22.3 Å². The van der Waals surface area contributed by atoms with Crippen LogP contribution in [0.15, 0.2) is 79.1 Å². The molecule has 0 radical (unpaired) electrons. The van der Waals surface area contributed by atoms with Gasteiger partial charge in [0.2, 0.25) is 0 Å². The summed E-state index contributed by atoms with van der Waals surface area (Å²) in [7, 11) is 1.51. The predicted octanol–water partition coefficient (Wildman–Crippen LogP) is 5.87. The van der Waals surface area contributed by atoms with Gasteiger partial charge in [0.15, 0.2) is 0 Å². The molecule has 11 heteroatoms. The molecular formula is C29H26FN7O3. The van der Waals surface area contributed by atoms with Crippen molar-refractivity contribution in [3.63, 3.8) is 0 Å². The normalized spacial score (nSPS) is 10.9. The number of fused-ring (bicyclic) bond motifs is 1. The second-order valence-corrected chi connectivity index (χ2v) is 9.18. The molecule has 5 aromatic rings. The maximum absolute atomic E-state index is 14.6. The molecule has 3 aromatic heterocycles. The van der Waals surface area contributed by atoms with Crippen LogP contribution in [0.3, 0.4) is 0 Å². The maximum Gasteiger partial charge on any atom is 0.324 e. The first-order valence-electron chi connectivity index (χ1n) is 12.5. The van der Waals surface area contributed by atoms with Gasteiger partial charge < -0.3 is 15.4 Å². The zero-order chi connectivity index (χ0) is 28.2. The SMILES string of the molecule is CNC(=O)c1ccc(Oc2ccc(F)c(NC(=O)Nc3cc(C(C)C)nn3-c3ccc4ncccc4c3)c2)cn1. The van der Waals surface area contributed by atoms with E-state index >= 15 is 0 Å². The third-order valence-electron chi connectivity index (χ3n) is 6.01. The largest absolute Gasteiger partial charge is 0.456 e. The van der Waals surface area contributed by atoms with Crippen LogP contribution in [0, 0.1) is 5.82 Å². The lowest BCUT2D eigenvalue weighted by Crippen LogP contribution is -2.22. The first-order chi connectivity index (χ1) is 19.3. The molecule has 0 aliphatic heterocycles. The van der Waals surface area contributed by atoms with E-state index in [-0.39, 0.29) is 29.0 Å². The van der Waals surface area contributed by atoms with Gasteiger partial charge in [-0.2, -0.15) is 5.10 Å². The standard InChI is InChI=1S/C29H26FN7O3/c1-17(2)25-15-27(37(36-25)19-6-10-23-18(13-19)5-4-12-32-23)35-29(39)34-26-14-20(7-9-22(26)30)40-21-8-11-24(33-16-21)28(38)31-3/h4-17H,1-3H3,(H,31,38)(H2,34,35,39). The molecule has 10 nitrogen and oxygen atoms in total. The average molecular weight is 540 g/mol. The minimum Gasteiger partial charge on any atom is -0.456 e. The molecule has 40 heavy (non-hydrogen) atoms. The summed E-state index contributed by atoms with van der Waals surface area (Å²) in [4.78, 5) is 33.0.